The van der Waals surface area contributed by atoms with Crippen LogP contribution in [-0.4, -0.2) is 43.0 Å². The Balaban J connectivity index is 1.52. The average Bonchev–Trinajstić information content (AvgIpc) is 3.35. The lowest BCUT2D eigenvalue weighted by Crippen LogP contribution is -2.41. The highest BCUT2D eigenvalue weighted by Gasteiger charge is 2.21. The molecule has 1 fully saturated rings. The van der Waals surface area contributed by atoms with E-state index in [0.717, 1.165) is 16.8 Å². The summed E-state index contributed by atoms with van der Waals surface area (Å²) in [4.78, 5) is 29.1. The molecule has 6 heteroatoms. The van der Waals surface area contributed by atoms with Crippen LogP contribution in [0.3, 0.4) is 0 Å². The number of morpholine rings is 1. The summed E-state index contributed by atoms with van der Waals surface area (Å²) in [6, 6.07) is 19.1. The molecule has 0 aliphatic carbocycles. The molecular weight excluding hydrogens is 392 g/mol. The molecule has 1 aliphatic heterocycles. The average molecular weight is 418 g/mol. The SMILES string of the molecule is Cc1ccc(CN(C(=O)c2ccco2)c2ccc(CC(=O)N3CCOCC3)cc2)cc1. The fourth-order valence-electron chi connectivity index (χ4n) is 3.58. The van der Waals surface area contributed by atoms with Crippen molar-refractivity contribution in [2.24, 2.45) is 0 Å². The maximum atomic E-state index is 13.1. The van der Waals surface area contributed by atoms with Crippen LogP contribution in [0.1, 0.15) is 27.2 Å². The molecule has 2 heterocycles. The van der Waals surface area contributed by atoms with Crippen molar-refractivity contribution in [2.75, 3.05) is 31.2 Å². The van der Waals surface area contributed by atoms with Crippen LogP contribution in [-0.2, 0) is 22.5 Å². The highest BCUT2D eigenvalue weighted by Crippen LogP contribution is 2.22. The summed E-state index contributed by atoms with van der Waals surface area (Å²) in [6.45, 7) is 4.91. The Morgan fingerprint density at radius 3 is 2.26 bits per heavy atom. The molecule has 6 nitrogen and oxygen atoms in total. The lowest BCUT2D eigenvalue weighted by molar-refractivity contribution is -0.134. The van der Waals surface area contributed by atoms with Gasteiger partial charge in [-0.25, -0.2) is 0 Å². The van der Waals surface area contributed by atoms with Crippen LogP contribution in [0.2, 0.25) is 0 Å². The lowest BCUT2D eigenvalue weighted by Gasteiger charge is -2.27. The first-order valence-electron chi connectivity index (χ1n) is 10.5. The molecule has 1 aliphatic rings. The van der Waals surface area contributed by atoms with Crippen molar-refractivity contribution < 1.29 is 18.7 Å². The van der Waals surface area contributed by atoms with Crippen LogP contribution in [0.5, 0.6) is 0 Å². The number of aryl methyl sites for hydroxylation is 1. The second-order valence-corrected chi connectivity index (χ2v) is 7.69. The third-order valence-corrected chi connectivity index (χ3v) is 5.41. The molecule has 0 bridgehead atoms. The van der Waals surface area contributed by atoms with Gasteiger partial charge in [0.05, 0.1) is 32.4 Å². The van der Waals surface area contributed by atoms with Crippen molar-refractivity contribution in [3.05, 3.63) is 89.4 Å². The standard InChI is InChI=1S/C25H26N2O4/c1-19-4-6-21(7-5-19)18-27(25(29)23-3-2-14-31-23)22-10-8-20(9-11-22)17-24(28)26-12-15-30-16-13-26/h2-11,14H,12-13,15-18H2,1H3. The van der Waals surface area contributed by atoms with Gasteiger partial charge in [-0.1, -0.05) is 42.0 Å². The van der Waals surface area contributed by atoms with Crippen molar-refractivity contribution in [2.45, 2.75) is 19.9 Å². The quantitative estimate of drug-likeness (QED) is 0.610. The van der Waals surface area contributed by atoms with Gasteiger partial charge in [-0.2, -0.15) is 0 Å². The number of carbonyl (C=O) groups is 2. The third kappa shape index (κ3) is 5.22. The molecule has 0 spiro atoms. The predicted molar refractivity (Wildman–Crippen MR) is 118 cm³/mol. The monoisotopic (exact) mass is 418 g/mol. The van der Waals surface area contributed by atoms with Gasteiger partial charge in [0.2, 0.25) is 5.91 Å². The summed E-state index contributed by atoms with van der Waals surface area (Å²) < 4.78 is 10.7. The van der Waals surface area contributed by atoms with Crippen molar-refractivity contribution in [1.29, 1.82) is 0 Å². The van der Waals surface area contributed by atoms with Crippen molar-refractivity contribution in [3.63, 3.8) is 0 Å². The van der Waals surface area contributed by atoms with Gasteiger partial charge in [0.15, 0.2) is 5.76 Å². The smallest absolute Gasteiger partial charge is 0.294 e. The number of ether oxygens (including phenoxy) is 1. The van der Waals surface area contributed by atoms with Crippen molar-refractivity contribution in [1.82, 2.24) is 4.90 Å². The summed E-state index contributed by atoms with van der Waals surface area (Å²) >= 11 is 0. The molecule has 2 amide bonds. The molecule has 31 heavy (non-hydrogen) atoms. The van der Waals surface area contributed by atoms with Crippen LogP contribution in [0.25, 0.3) is 0 Å². The second-order valence-electron chi connectivity index (χ2n) is 7.69. The molecule has 4 rings (SSSR count). The molecular formula is C25H26N2O4. The second kappa shape index (κ2) is 9.62. The molecule has 160 valence electrons. The van der Waals surface area contributed by atoms with E-state index in [1.54, 1.807) is 17.0 Å². The van der Waals surface area contributed by atoms with E-state index in [9.17, 15) is 9.59 Å². The maximum Gasteiger partial charge on any atom is 0.294 e. The van der Waals surface area contributed by atoms with Gasteiger partial charge < -0.3 is 19.0 Å². The van der Waals surface area contributed by atoms with Gasteiger partial charge in [0.1, 0.15) is 0 Å². The molecule has 1 aromatic heterocycles. The zero-order valence-corrected chi connectivity index (χ0v) is 17.6. The van der Waals surface area contributed by atoms with Gasteiger partial charge in [-0.05, 0) is 42.3 Å². The first kappa shape index (κ1) is 20.9. The van der Waals surface area contributed by atoms with Crippen molar-refractivity contribution >= 4 is 17.5 Å². The Kier molecular flexibility index (Phi) is 6.48. The largest absolute Gasteiger partial charge is 0.459 e. The Labute approximate surface area is 182 Å². The summed E-state index contributed by atoms with van der Waals surface area (Å²) in [6.07, 6.45) is 1.84. The zero-order valence-electron chi connectivity index (χ0n) is 17.6. The molecule has 3 aromatic rings. The molecule has 2 aromatic carbocycles. The topological polar surface area (TPSA) is 63.0 Å². The number of furan rings is 1. The first-order valence-corrected chi connectivity index (χ1v) is 10.5. The first-order chi connectivity index (χ1) is 15.1. The van der Waals surface area contributed by atoms with E-state index in [1.165, 1.54) is 11.8 Å². The van der Waals surface area contributed by atoms with Gasteiger partial charge in [-0.15, -0.1) is 0 Å². The van der Waals surface area contributed by atoms with E-state index in [0.29, 0.717) is 45.0 Å². The van der Waals surface area contributed by atoms with E-state index in [1.807, 2.05) is 60.4 Å². The number of anilines is 1. The molecule has 0 saturated carbocycles. The van der Waals surface area contributed by atoms with Crippen LogP contribution < -0.4 is 4.90 Å². The maximum absolute atomic E-state index is 13.1. The zero-order chi connectivity index (χ0) is 21.6. The number of carbonyl (C=O) groups excluding carboxylic acids is 2. The minimum absolute atomic E-state index is 0.0965. The predicted octanol–water partition coefficient (Wildman–Crippen LogP) is 3.84. The fraction of sp³-hybridized carbons (Fsp3) is 0.280. The summed E-state index contributed by atoms with van der Waals surface area (Å²) in [7, 11) is 0. The summed E-state index contributed by atoms with van der Waals surface area (Å²) in [5.41, 5.74) is 3.87. The van der Waals surface area contributed by atoms with Crippen LogP contribution >= 0.6 is 0 Å². The normalized spacial score (nSPS) is 13.8. The molecule has 1 saturated heterocycles. The number of nitrogens with zero attached hydrogens (tertiary/aromatic N) is 2. The van der Waals surface area contributed by atoms with E-state index in [-0.39, 0.29) is 11.8 Å². The van der Waals surface area contributed by atoms with Crippen LogP contribution in [0.4, 0.5) is 5.69 Å². The van der Waals surface area contributed by atoms with Gasteiger partial charge in [0.25, 0.3) is 5.91 Å². The third-order valence-electron chi connectivity index (χ3n) is 5.41. The van der Waals surface area contributed by atoms with Gasteiger partial charge >= 0.3 is 0 Å². The fourth-order valence-corrected chi connectivity index (χ4v) is 3.58. The van der Waals surface area contributed by atoms with Crippen LogP contribution in [0.15, 0.2) is 71.3 Å². The van der Waals surface area contributed by atoms with E-state index >= 15 is 0 Å². The molecule has 0 atom stereocenters. The number of hydrogen-bond donors (Lipinski definition) is 0. The Bertz CT molecular complexity index is 1000. The highest BCUT2D eigenvalue weighted by molar-refractivity contribution is 6.04. The lowest BCUT2D eigenvalue weighted by atomic mass is 10.1. The van der Waals surface area contributed by atoms with E-state index < -0.39 is 0 Å². The minimum atomic E-state index is -0.206. The Hall–Kier alpha value is -3.38. The molecule has 0 radical (unpaired) electrons. The number of hydrogen-bond acceptors (Lipinski definition) is 4. The number of amides is 2. The van der Waals surface area contributed by atoms with E-state index in [2.05, 4.69) is 0 Å². The minimum Gasteiger partial charge on any atom is -0.459 e. The highest BCUT2D eigenvalue weighted by atomic mass is 16.5. The Morgan fingerprint density at radius 1 is 0.935 bits per heavy atom. The number of rotatable bonds is 6. The summed E-state index contributed by atoms with van der Waals surface area (Å²) in [5, 5.41) is 0. The van der Waals surface area contributed by atoms with Crippen LogP contribution in [0, 0.1) is 6.92 Å². The summed E-state index contributed by atoms with van der Waals surface area (Å²) in [5.74, 6) is 0.181. The van der Waals surface area contributed by atoms with Crippen molar-refractivity contribution in [3.8, 4) is 0 Å². The van der Waals surface area contributed by atoms with E-state index in [4.69, 9.17) is 9.15 Å². The van der Waals surface area contributed by atoms with Gasteiger partial charge in [0, 0.05) is 18.8 Å². The van der Waals surface area contributed by atoms with Gasteiger partial charge in [-0.3, -0.25) is 9.59 Å². The Morgan fingerprint density at radius 2 is 1.61 bits per heavy atom. The molecule has 0 unspecified atom stereocenters. The number of benzene rings is 2. The molecule has 0 N–H and O–H groups in total.